The summed E-state index contributed by atoms with van der Waals surface area (Å²) in [5.41, 5.74) is 1.32. The van der Waals surface area contributed by atoms with Gasteiger partial charge in [-0.25, -0.2) is 8.42 Å². The molecule has 0 aromatic heterocycles. The molecule has 7 nitrogen and oxygen atoms in total. The molecule has 0 saturated heterocycles. The summed E-state index contributed by atoms with van der Waals surface area (Å²) in [7, 11) is -4.27. The molecule has 1 atom stereocenters. The van der Waals surface area contributed by atoms with Crippen molar-refractivity contribution in [1.82, 2.24) is 10.2 Å². The van der Waals surface area contributed by atoms with Crippen molar-refractivity contribution >= 4 is 62.3 Å². The van der Waals surface area contributed by atoms with E-state index in [9.17, 15) is 18.0 Å². The number of carbonyl (C=O) groups excluding carboxylic acids is 2. The van der Waals surface area contributed by atoms with E-state index in [-0.39, 0.29) is 23.5 Å². The third kappa shape index (κ3) is 8.62. The smallest absolute Gasteiger partial charge is 0.264 e. The molecule has 0 aliphatic rings. The van der Waals surface area contributed by atoms with Crippen molar-refractivity contribution in [2.75, 3.05) is 10.8 Å². The van der Waals surface area contributed by atoms with E-state index in [2.05, 4.69) is 5.32 Å². The molecule has 242 valence electrons. The van der Waals surface area contributed by atoms with Gasteiger partial charge in [-0.05, 0) is 75.2 Å². The van der Waals surface area contributed by atoms with E-state index in [1.165, 1.54) is 17.0 Å². The molecule has 0 aliphatic heterocycles. The van der Waals surface area contributed by atoms with Crippen LogP contribution >= 0.6 is 34.8 Å². The lowest BCUT2D eigenvalue weighted by Gasteiger charge is -2.36. The van der Waals surface area contributed by atoms with Crippen molar-refractivity contribution < 1.29 is 18.0 Å². The third-order valence-corrected chi connectivity index (χ3v) is 10.2. The largest absolute Gasteiger partial charge is 0.350 e. The molecule has 46 heavy (non-hydrogen) atoms. The second-order valence-corrected chi connectivity index (χ2v) is 15.0. The molecule has 0 fully saturated rings. The van der Waals surface area contributed by atoms with Gasteiger partial charge in [0.05, 0.1) is 10.6 Å². The Morgan fingerprint density at radius 3 is 1.91 bits per heavy atom. The first kappa shape index (κ1) is 35.3. The van der Waals surface area contributed by atoms with Gasteiger partial charge in [0, 0.05) is 39.1 Å². The quantitative estimate of drug-likeness (QED) is 0.174. The Kier molecular flexibility index (Phi) is 11.4. The number of benzene rings is 4. The van der Waals surface area contributed by atoms with Crippen LogP contribution in [0.2, 0.25) is 15.1 Å². The molecule has 0 bridgehead atoms. The lowest BCUT2D eigenvalue weighted by atomic mass is 10.0. The number of anilines is 1. The van der Waals surface area contributed by atoms with Gasteiger partial charge < -0.3 is 10.2 Å². The predicted molar refractivity (Wildman–Crippen MR) is 186 cm³/mol. The molecular weight excluding hydrogens is 665 g/mol. The maximum absolute atomic E-state index is 14.7. The molecule has 0 aliphatic carbocycles. The number of rotatable bonds is 11. The van der Waals surface area contributed by atoms with Crippen LogP contribution < -0.4 is 9.62 Å². The normalized spacial score (nSPS) is 12.3. The average Bonchev–Trinajstić information content (AvgIpc) is 3.00. The lowest BCUT2D eigenvalue weighted by molar-refractivity contribution is -0.140. The fraction of sp³-hybridized carbons (Fsp3) is 0.257. The summed E-state index contributed by atoms with van der Waals surface area (Å²) in [4.78, 5) is 30.0. The molecule has 1 N–H and O–H groups in total. The number of hydrogen-bond donors (Lipinski definition) is 1. The van der Waals surface area contributed by atoms with E-state index in [1.807, 2.05) is 51.1 Å². The van der Waals surface area contributed by atoms with E-state index in [0.717, 1.165) is 9.87 Å². The van der Waals surface area contributed by atoms with Gasteiger partial charge in [-0.1, -0.05) is 95.5 Å². The summed E-state index contributed by atoms with van der Waals surface area (Å²) in [5, 5.41) is 3.95. The molecule has 0 saturated carbocycles. The van der Waals surface area contributed by atoms with Crippen LogP contribution in [0.4, 0.5) is 5.69 Å². The minimum Gasteiger partial charge on any atom is -0.350 e. The molecule has 1 unspecified atom stereocenters. The van der Waals surface area contributed by atoms with Gasteiger partial charge in [-0.15, -0.1) is 0 Å². The standard InChI is InChI=1S/C35H36Cl3N3O4S/c1-24-28(36)17-12-20-31(24)41(46(44,45)26-15-9-6-10-16-26)23-33(42)40(22-27-29(37)18-11-19-30(27)38)32(34(43)39-35(2,3)4)21-25-13-7-5-8-14-25/h5-20,32H,21-23H2,1-4H3,(H,39,43). The zero-order valence-corrected chi connectivity index (χ0v) is 29.1. The maximum Gasteiger partial charge on any atom is 0.264 e. The number of nitrogens with zero attached hydrogens (tertiary/aromatic N) is 2. The van der Waals surface area contributed by atoms with Gasteiger partial charge in [0.1, 0.15) is 12.6 Å². The Hall–Kier alpha value is -3.56. The highest BCUT2D eigenvalue weighted by molar-refractivity contribution is 7.92. The minimum atomic E-state index is -4.27. The first-order valence-electron chi connectivity index (χ1n) is 14.6. The van der Waals surface area contributed by atoms with Gasteiger partial charge in [-0.2, -0.15) is 0 Å². The van der Waals surface area contributed by atoms with E-state index in [0.29, 0.717) is 26.2 Å². The molecule has 0 spiro atoms. The van der Waals surface area contributed by atoms with Crippen molar-refractivity contribution in [1.29, 1.82) is 0 Å². The SMILES string of the molecule is Cc1c(Cl)cccc1N(CC(=O)N(Cc1c(Cl)cccc1Cl)C(Cc1ccccc1)C(=O)NC(C)(C)C)S(=O)(=O)c1ccccc1. The fourth-order valence-electron chi connectivity index (χ4n) is 4.96. The molecule has 4 rings (SSSR count). The highest BCUT2D eigenvalue weighted by Crippen LogP contribution is 2.32. The molecule has 0 heterocycles. The minimum absolute atomic E-state index is 0.00538. The maximum atomic E-state index is 14.7. The van der Waals surface area contributed by atoms with Crippen LogP contribution in [-0.4, -0.2) is 43.3 Å². The van der Waals surface area contributed by atoms with Crippen molar-refractivity contribution in [2.24, 2.45) is 0 Å². The van der Waals surface area contributed by atoms with Crippen molar-refractivity contribution in [2.45, 2.75) is 57.1 Å². The van der Waals surface area contributed by atoms with Crippen molar-refractivity contribution in [3.8, 4) is 0 Å². The number of halogens is 3. The molecule has 4 aromatic rings. The Bertz CT molecular complexity index is 1780. The Balaban J connectivity index is 1.88. The summed E-state index contributed by atoms with van der Waals surface area (Å²) in [5.74, 6) is -1.05. The van der Waals surface area contributed by atoms with Gasteiger partial charge in [0.2, 0.25) is 11.8 Å². The molecule has 0 radical (unpaired) electrons. The summed E-state index contributed by atoms with van der Waals surface area (Å²) in [6.45, 7) is 6.44. The number of amides is 2. The lowest BCUT2D eigenvalue weighted by Crippen LogP contribution is -2.56. The van der Waals surface area contributed by atoms with Crippen LogP contribution in [0, 0.1) is 6.92 Å². The number of nitrogens with one attached hydrogen (secondary N) is 1. The van der Waals surface area contributed by atoms with E-state index in [1.54, 1.807) is 61.5 Å². The van der Waals surface area contributed by atoms with Crippen LogP contribution in [0.15, 0.2) is 102 Å². The Labute approximate surface area is 286 Å². The molecular formula is C35H36Cl3N3O4S. The van der Waals surface area contributed by atoms with E-state index >= 15 is 0 Å². The van der Waals surface area contributed by atoms with Gasteiger partial charge >= 0.3 is 0 Å². The number of sulfonamides is 1. The Morgan fingerprint density at radius 2 is 1.33 bits per heavy atom. The molecule has 11 heteroatoms. The molecule has 4 aromatic carbocycles. The van der Waals surface area contributed by atoms with Crippen LogP contribution in [0.1, 0.15) is 37.5 Å². The van der Waals surface area contributed by atoms with Gasteiger partial charge in [0.25, 0.3) is 10.0 Å². The van der Waals surface area contributed by atoms with Gasteiger partial charge in [0.15, 0.2) is 0 Å². The first-order valence-corrected chi connectivity index (χ1v) is 17.2. The zero-order chi connectivity index (χ0) is 33.6. The number of hydrogen-bond acceptors (Lipinski definition) is 4. The second kappa shape index (κ2) is 14.9. The summed E-state index contributed by atoms with van der Waals surface area (Å²) < 4.78 is 29.4. The average molecular weight is 701 g/mol. The highest BCUT2D eigenvalue weighted by atomic mass is 35.5. The van der Waals surface area contributed by atoms with Gasteiger partial charge in [-0.3, -0.25) is 13.9 Å². The van der Waals surface area contributed by atoms with Crippen LogP contribution in [-0.2, 0) is 32.6 Å². The zero-order valence-electron chi connectivity index (χ0n) is 26.0. The van der Waals surface area contributed by atoms with Crippen molar-refractivity contribution in [3.63, 3.8) is 0 Å². The van der Waals surface area contributed by atoms with E-state index in [4.69, 9.17) is 34.8 Å². The van der Waals surface area contributed by atoms with Crippen molar-refractivity contribution in [3.05, 3.63) is 129 Å². The monoisotopic (exact) mass is 699 g/mol. The predicted octanol–water partition coefficient (Wildman–Crippen LogP) is 7.71. The van der Waals surface area contributed by atoms with E-state index < -0.39 is 40.0 Å². The van der Waals surface area contributed by atoms with Crippen LogP contribution in [0.25, 0.3) is 0 Å². The van der Waals surface area contributed by atoms with Crippen LogP contribution in [0.5, 0.6) is 0 Å². The molecule has 2 amide bonds. The first-order chi connectivity index (χ1) is 21.7. The summed E-state index contributed by atoms with van der Waals surface area (Å²) in [6.07, 6.45) is 0.151. The highest BCUT2D eigenvalue weighted by Gasteiger charge is 2.36. The second-order valence-electron chi connectivity index (χ2n) is 11.9. The Morgan fingerprint density at radius 1 is 0.783 bits per heavy atom. The summed E-state index contributed by atoms with van der Waals surface area (Å²) >= 11 is 19.6. The summed E-state index contributed by atoms with van der Waals surface area (Å²) in [6, 6.07) is 25.9. The topological polar surface area (TPSA) is 86.8 Å². The fourth-order valence-corrected chi connectivity index (χ4v) is 7.14. The third-order valence-electron chi connectivity index (χ3n) is 7.28. The number of carbonyl (C=O) groups is 2. The van der Waals surface area contributed by atoms with Crippen LogP contribution in [0.3, 0.4) is 0 Å².